The third-order valence-corrected chi connectivity index (χ3v) is 2.27. The van der Waals surface area contributed by atoms with Gasteiger partial charge in [-0.15, -0.1) is 0 Å². The highest BCUT2D eigenvalue weighted by atomic mass is 16.6. The van der Waals surface area contributed by atoms with Gasteiger partial charge in [0, 0.05) is 17.7 Å². The number of carbonyl (C=O) groups excluding carboxylic acids is 3. The SMILES string of the molecule is C=C(C)C(=O)OCC(O)COC(=O)/C=C\C(=O)OCCCC. The highest BCUT2D eigenvalue weighted by Crippen LogP contribution is 1.96. The van der Waals surface area contributed by atoms with Crippen molar-refractivity contribution >= 4 is 17.9 Å². The topological polar surface area (TPSA) is 99.1 Å². The second-order valence-corrected chi connectivity index (χ2v) is 4.52. The molecule has 0 aromatic carbocycles. The predicted molar refractivity (Wildman–Crippen MR) is 77.7 cm³/mol. The zero-order chi connectivity index (χ0) is 17.0. The van der Waals surface area contributed by atoms with Crippen molar-refractivity contribution in [1.29, 1.82) is 0 Å². The van der Waals surface area contributed by atoms with Gasteiger partial charge in [0.15, 0.2) is 0 Å². The number of hydrogen-bond acceptors (Lipinski definition) is 7. The molecule has 0 saturated carbocycles. The molecule has 0 fully saturated rings. The lowest BCUT2D eigenvalue weighted by Crippen LogP contribution is -2.25. The van der Waals surface area contributed by atoms with Crippen molar-refractivity contribution in [3.05, 3.63) is 24.3 Å². The summed E-state index contributed by atoms with van der Waals surface area (Å²) in [6, 6.07) is 0. The number of aliphatic hydroxyl groups is 1. The summed E-state index contributed by atoms with van der Waals surface area (Å²) in [7, 11) is 0. The number of rotatable bonds is 10. The molecule has 0 heterocycles. The predicted octanol–water partition coefficient (Wildman–Crippen LogP) is 0.909. The van der Waals surface area contributed by atoms with Crippen LogP contribution in [-0.2, 0) is 28.6 Å². The van der Waals surface area contributed by atoms with Gasteiger partial charge in [0.2, 0.25) is 0 Å². The summed E-state index contributed by atoms with van der Waals surface area (Å²) in [5.74, 6) is -2.08. The van der Waals surface area contributed by atoms with E-state index in [4.69, 9.17) is 4.74 Å². The Morgan fingerprint density at radius 2 is 1.64 bits per heavy atom. The molecule has 0 aromatic heterocycles. The summed E-state index contributed by atoms with van der Waals surface area (Å²) >= 11 is 0. The van der Waals surface area contributed by atoms with Crippen molar-refractivity contribution in [2.45, 2.75) is 32.8 Å². The monoisotopic (exact) mass is 314 g/mol. The van der Waals surface area contributed by atoms with E-state index >= 15 is 0 Å². The zero-order valence-corrected chi connectivity index (χ0v) is 12.9. The molecule has 22 heavy (non-hydrogen) atoms. The van der Waals surface area contributed by atoms with Crippen molar-refractivity contribution in [2.24, 2.45) is 0 Å². The van der Waals surface area contributed by atoms with Crippen LogP contribution in [0.1, 0.15) is 26.7 Å². The summed E-state index contributed by atoms with van der Waals surface area (Å²) in [6.07, 6.45) is 2.34. The molecule has 1 N–H and O–H groups in total. The minimum Gasteiger partial charge on any atom is -0.463 e. The molecule has 7 nitrogen and oxygen atoms in total. The maximum atomic E-state index is 11.3. The van der Waals surface area contributed by atoms with Gasteiger partial charge in [-0.2, -0.15) is 0 Å². The molecule has 0 rings (SSSR count). The number of carbonyl (C=O) groups is 3. The molecule has 0 aliphatic rings. The molecule has 0 bridgehead atoms. The molecule has 0 aliphatic carbocycles. The van der Waals surface area contributed by atoms with E-state index in [-0.39, 0.29) is 18.8 Å². The van der Waals surface area contributed by atoms with E-state index in [9.17, 15) is 19.5 Å². The average Bonchev–Trinajstić information content (AvgIpc) is 2.48. The highest BCUT2D eigenvalue weighted by Gasteiger charge is 2.11. The van der Waals surface area contributed by atoms with E-state index in [2.05, 4.69) is 16.1 Å². The molecule has 124 valence electrons. The Morgan fingerprint density at radius 3 is 2.18 bits per heavy atom. The van der Waals surface area contributed by atoms with Crippen LogP contribution in [0.4, 0.5) is 0 Å². The second-order valence-electron chi connectivity index (χ2n) is 4.52. The lowest BCUT2D eigenvalue weighted by atomic mass is 10.3. The molecule has 0 aromatic rings. The first-order valence-corrected chi connectivity index (χ1v) is 6.89. The minimum atomic E-state index is -1.16. The lowest BCUT2D eigenvalue weighted by Gasteiger charge is -2.10. The van der Waals surface area contributed by atoms with Crippen LogP contribution < -0.4 is 0 Å². The van der Waals surface area contributed by atoms with Crippen LogP contribution in [0, 0.1) is 0 Å². The van der Waals surface area contributed by atoms with Gasteiger partial charge in [-0.05, 0) is 13.3 Å². The first-order valence-electron chi connectivity index (χ1n) is 6.89. The van der Waals surface area contributed by atoms with Gasteiger partial charge < -0.3 is 19.3 Å². The van der Waals surface area contributed by atoms with Crippen LogP contribution in [-0.4, -0.2) is 48.9 Å². The van der Waals surface area contributed by atoms with E-state index in [0.29, 0.717) is 6.61 Å². The summed E-state index contributed by atoms with van der Waals surface area (Å²) in [5.41, 5.74) is 0.203. The summed E-state index contributed by atoms with van der Waals surface area (Å²) in [6.45, 7) is 6.42. The number of esters is 3. The van der Waals surface area contributed by atoms with Crippen LogP contribution in [0.3, 0.4) is 0 Å². The van der Waals surface area contributed by atoms with E-state index in [1.165, 1.54) is 6.92 Å². The first kappa shape index (κ1) is 19.9. The molecule has 0 aliphatic heterocycles. The normalized spacial score (nSPS) is 11.8. The summed E-state index contributed by atoms with van der Waals surface area (Å²) < 4.78 is 14.2. The number of aliphatic hydroxyl groups excluding tert-OH is 1. The Balaban J connectivity index is 3.90. The molecule has 0 spiro atoms. The minimum absolute atomic E-state index is 0.203. The Kier molecular flexibility index (Phi) is 10.4. The molecule has 1 atom stereocenters. The fraction of sp³-hybridized carbons (Fsp3) is 0.533. The number of unbranched alkanes of at least 4 members (excludes halogenated alkanes) is 1. The Bertz CT molecular complexity index is 426. The van der Waals surface area contributed by atoms with Gasteiger partial charge >= 0.3 is 17.9 Å². The Hall–Kier alpha value is -2.15. The van der Waals surface area contributed by atoms with Gasteiger partial charge in [0.25, 0.3) is 0 Å². The fourth-order valence-electron chi connectivity index (χ4n) is 1.07. The van der Waals surface area contributed by atoms with E-state index < -0.39 is 24.0 Å². The second kappa shape index (κ2) is 11.5. The van der Waals surface area contributed by atoms with Crippen LogP contribution in [0.15, 0.2) is 24.3 Å². The van der Waals surface area contributed by atoms with Gasteiger partial charge in [-0.3, -0.25) is 0 Å². The summed E-state index contributed by atoms with van der Waals surface area (Å²) in [4.78, 5) is 33.5. The van der Waals surface area contributed by atoms with Gasteiger partial charge in [-0.25, -0.2) is 14.4 Å². The molecule has 1 unspecified atom stereocenters. The molecule has 0 radical (unpaired) electrons. The van der Waals surface area contributed by atoms with Crippen molar-refractivity contribution in [1.82, 2.24) is 0 Å². The van der Waals surface area contributed by atoms with Crippen molar-refractivity contribution < 1.29 is 33.7 Å². The lowest BCUT2D eigenvalue weighted by molar-refractivity contribution is -0.147. The zero-order valence-electron chi connectivity index (χ0n) is 12.9. The van der Waals surface area contributed by atoms with Crippen molar-refractivity contribution in [3.8, 4) is 0 Å². The smallest absolute Gasteiger partial charge is 0.333 e. The van der Waals surface area contributed by atoms with E-state index in [1.54, 1.807) is 0 Å². The Labute approximate surface area is 129 Å². The van der Waals surface area contributed by atoms with Crippen molar-refractivity contribution in [2.75, 3.05) is 19.8 Å². The maximum absolute atomic E-state index is 11.3. The van der Waals surface area contributed by atoms with Crippen LogP contribution in [0.25, 0.3) is 0 Å². The molecule has 0 saturated heterocycles. The van der Waals surface area contributed by atoms with E-state index in [1.807, 2.05) is 6.92 Å². The van der Waals surface area contributed by atoms with Gasteiger partial charge in [-0.1, -0.05) is 19.9 Å². The highest BCUT2D eigenvalue weighted by molar-refractivity contribution is 5.91. The number of ether oxygens (including phenoxy) is 3. The molecular weight excluding hydrogens is 292 g/mol. The third kappa shape index (κ3) is 10.6. The summed E-state index contributed by atoms with van der Waals surface area (Å²) in [5, 5.41) is 9.45. The molecule has 7 heteroatoms. The first-order chi connectivity index (χ1) is 10.4. The quantitative estimate of drug-likeness (QED) is 0.277. The third-order valence-electron chi connectivity index (χ3n) is 2.27. The average molecular weight is 314 g/mol. The standard InChI is InChI=1S/C15H22O7/c1-4-5-8-20-13(17)6-7-14(18)21-9-12(16)10-22-15(19)11(2)3/h6-7,12,16H,2,4-5,8-10H2,1,3H3/b7-6-. The number of hydrogen-bond donors (Lipinski definition) is 1. The van der Waals surface area contributed by atoms with Crippen LogP contribution in [0.2, 0.25) is 0 Å². The van der Waals surface area contributed by atoms with Gasteiger partial charge in [0.1, 0.15) is 19.3 Å². The fourth-order valence-corrected chi connectivity index (χ4v) is 1.07. The molecule has 0 amide bonds. The van der Waals surface area contributed by atoms with Gasteiger partial charge in [0.05, 0.1) is 6.61 Å². The maximum Gasteiger partial charge on any atom is 0.333 e. The van der Waals surface area contributed by atoms with Crippen LogP contribution >= 0.6 is 0 Å². The Morgan fingerprint density at radius 1 is 1.09 bits per heavy atom. The van der Waals surface area contributed by atoms with Crippen LogP contribution in [0.5, 0.6) is 0 Å². The largest absolute Gasteiger partial charge is 0.463 e. The van der Waals surface area contributed by atoms with Crippen molar-refractivity contribution in [3.63, 3.8) is 0 Å². The van der Waals surface area contributed by atoms with E-state index in [0.717, 1.165) is 25.0 Å². The molecular formula is C15H22O7.